The largest absolute Gasteiger partial charge is 0.411 e. The molecule has 25 heavy (non-hydrogen) atoms. The molecule has 0 aliphatic heterocycles. The average Bonchev–Trinajstić information content (AvgIpc) is 2.94. The SMILES string of the molecule is C[C@]12CC[C@H]3[C@@H](CC=C4C[C@@H](O)CC[C@@]43C)[C@@H]1CC[C@@H]2/C(CO)=N/O. The van der Waals surface area contributed by atoms with E-state index in [0.29, 0.717) is 17.5 Å². The first-order valence-corrected chi connectivity index (χ1v) is 10.1. The van der Waals surface area contributed by atoms with Gasteiger partial charge in [0, 0.05) is 5.92 Å². The van der Waals surface area contributed by atoms with Crippen LogP contribution in [0.1, 0.15) is 65.2 Å². The van der Waals surface area contributed by atoms with Gasteiger partial charge < -0.3 is 15.4 Å². The molecule has 0 amide bonds. The lowest BCUT2D eigenvalue weighted by molar-refractivity contribution is -0.0428. The van der Waals surface area contributed by atoms with Gasteiger partial charge in [0.1, 0.15) is 0 Å². The molecule has 0 radical (unpaired) electrons. The number of aliphatic hydroxyl groups is 2. The molecule has 0 bridgehead atoms. The van der Waals surface area contributed by atoms with Crippen molar-refractivity contribution in [3.05, 3.63) is 11.6 Å². The van der Waals surface area contributed by atoms with E-state index in [1.165, 1.54) is 18.4 Å². The van der Waals surface area contributed by atoms with Crippen molar-refractivity contribution in [1.29, 1.82) is 0 Å². The summed E-state index contributed by atoms with van der Waals surface area (Å²) in [5, 5.41) is 32.5. The van der Waals surface area contributed by atoms with Gasteiger partial charge in [-0.1, -0.05) is 30.7 Å². The Balaban J connectivity index is 1.64. The highest BCUT2D eigenvalue weighted by atomic mass is 16.4. The Kier molecular flexibility index (Phi) is 4.27. The molecule has 0 aromatic heterocycles. The number of fused-ring (bicyclic) bond motifs is 5. The van der Waals surface area contributed by atoms with Gasteiger partial charge in [0.05, 0.1) is 18.4 Å². The van der Waals surface area contributed by atoms with Gasteiger partial charge >= 0.3 is 0 Å². The first-order chi connectivity index (χ1) is 11.9. The third-order valence-electron chi connectivity index (χ3n) is 8.77. The van der Waals surface area contributed by atoms with E-state index in [9.17, 15) is 15.4 Å². The summed E-state index contributed by atoms with van der Waals surface area (Å²) < 4.78 is 0. The minimum Gasteiger partial charge on any atom is -0.411 e. The van der Waals surface area contributed by atoms with Crippen LogP contribution in [0.2, 0.25) is 0 Å². The van der Waals surface area contributed by atoms with E-state index in [2.05, 4.69) is 25.1 Å². The molecule has 3 fully saturated rings. The Hall–Kier alpha value is -0.870. The molecule has 3 N–H and O–H groups in total. The lowest BCUT2D eigenvalue weighted by Gasteiger charge is -2.58. The molecule has 7 atom stereocenters. The van der Waals surface area contributed by atoms with E-state index in [4.69, 9.17) is 0 Å². The first kappa shape index (κ1) is 17.5. The fourth-order valence-corrected chi connectivity index (χ4v) is 7.40. The van der Waals surface area contributed by atoms with Crippen LogP contribution in [0, 0.1) is 34.5 Å². The van der Waals surface area contributed by atoms with Crippen LogP contribution in [0.15, 0.2) is 16.8 Å². The zero-order valence-corrected chi connectivity index (χ0v) is 15.6. The first-order valence-electron chi connectivity index (χ1n) is 10.1. The van der Waals surface area contributed by atoms with Gasteiger partial charge in [-0.15, -0.1) is 0 Å². The summed E-state index contributed by atoms with van der Waals surface area (Å²) in [6, 6.07) is 0. The maximum Gasteiger partial charge on any atom is 0.0860 e. The summed E-state index contributed by atoms with van der Waals surface area (Å²) in [5.74, 6) is 2.30. The maximum atomic E-state index is 10.1. The van der Waals surface area contributed by atoms with Crippen molar-refractivity contribution in [2.24, 2.45) is 39.7 Å². The van der Waals surface area contributed by atoms with Crippen molar-refractivity contribution in [2.45, 2.75) is 71.3 Å². The molecule has 4 rings (SSSR count). The average molecular weight is 347 g/mol. The van der Waals surface area contributed by atoms with Crippen LogP contribution < -0.4 is 0 Å². The van der Waals surface area contributed by atoms with Crippen molar-refractivity contribution in [3.63, 3.8) is 0 Å². The molecule has 0 spiro atoms. The smallest absolute Gasteiger partial charge is 0.0860 e. The molecule has 0 aromatic rings. The molecule has 0 aromatic carbocycles. The highest BCUT2D eigenvalue weighted by Crippen LogP contribution is 2.66. The predicted molar refractivity (Wildman–Crippen MR) is 97.5 cm³/mol. The predicted octanol–water partition coefficient (Wildman–Crippen LogP) is 3.75. The Morgan fingerprint density at radius 2 is 1.96 bits per heavy atom. The molecule has 4 heteroatoms. The Bertz CT molecular complexity index is 600. The number of aliphatic hydroxyl groups excluding tert-OH is 2. The van der Waals surface area contributed by atoms with E-state index in [1.54, 1.807) is 0 Å². The van der Waals surface area contributed by atoms with Gasteiger partial charge in [-0.2, -0.15) is 0 Å². The number of rotatable bonds is 2. The minimum atomic E-state index is -0.145. The fraction of sp³-hybridized carbons (Fsp3) is 0.857. The highest BCUT2D eigenvalue weighted by Gasteiger charge is 2.59. The maximum absolute atomic E-state index is 10.1. The molecular formula is C21H33NO3. The highest BCUT2D eigenvalue weighted by molar-refractivity contribution is 5.88. The lowest BCUT2D eigenvalue weighted by atomic mass is 9.47. The van der Waals surface area contributed by atoms with Gasteiger partial charge in [-0.3, -0.25) is 0 Å². The molecular weight excluding hydrogens is 314 g/mol. The Morgan fingerprint density at radius 3 is 2.68 bits per heavy atom. The topological polar surface area (TPSA) is 73.0 Å². The normalized spacial score (nSPS) is 49.8. The second-order valence-electron chi connectivity index (χ2n) is 9.58. The molecule has 0 heterocycles. The quantitative estimate of drug-likeness (QED) is 0.308. The van der Waals surface area contributed by atoms with Crippen LogP contribution >= 0.6 is 0 Å². The number of hydrogen-bond acceptors (Lipinski definition) is 4. The fourth-order valence-electron chi connectivity index (χ4n) is 7.40. The summed E-state index contributed by atoms with van der Waals surface area (Å²) in [4.78, 5) is 0. The van der Waals surface area contributed by atoms with E-state index in [0.717, 1.165) is 44.4 Å². The van der Waals surface area contributed by atoms with Crippen molar-refractivity contribution >= 4 is 5.71 Å². The second-order valence-corrected chi connectivity index (χ2v) is 9.58. The van der Waals surface area contributed by atoms with Crippen molar-refractivity contribution in [2.75, 3.05) is 6.61 Å². The van der Waals surface area contributed by atoms with E-state index < -0.39 is 0 Å². The summed E-state index contributed by atoms with van der Waals surface area (Å²) in [5.41, 5.74) is 2.52. The molecule has 4 nitrogen and oxygen atoms in total. The lowest BCUT2D eigenvalue weighted by Crippen LogP contribution is -2.51. The van der Waals surface area contributed by atoms with Gasteiger partial charge in [0.25, 0.3) is 0 Å². The molecule has 4 aliphatic rings. The molecule has 3 saturated carbocycles. The number of oxime groups is 1. The van der Waals surface area contributed by atoms with Gasteiger partial charge in [-0.05, 0) is 80.0 Å². The number of allylic oxidation sites excluding steroid dienone is 1. The molecule has 4 aliphatic carbocycles. The standard InChI is InChI=1S/C21H33NO3/c1-20-9-7-14(24)11-13(20)3-4-15-16-5-6-18(19(12-23)22-25)21(16,2)10-8-17(15)20/h3,14-18,23-25H,4-12H2,1-2H3/b22-19+/t14-,15-,16-,17-,18+,20-,21-/m0/s1. The Morgan fingerprint density at radius 1 is 1.16 bits per heavy atom. The van der Waals surface area contributed by atoms with Crippen molar-refractivity contribution in [3.8, 4) is 0 Å². The van der Waals surface area contributed by atoms with Crippen LogP contribution in [0.25, 0.3) is 0 Å². The van der Waals surface area contributed by atoms with Crippen LogP contribution in [-0.4, -0.2) is 33.8 Å². The summed E-state index contributed by atoms with van der Waals surface area (Å²) >= 11 is 0. The van der Waals surface area contributed by atoms with Crippen LogP contribution in [0.3, 0.4) is 0 Å². The monoisotopic (exact) mass is 347 g/mol. The van der Waals surface area contributed by atoms with Crippen LogP contribution in [-0.2, 0) is 0 Å². The molecule has 0 unspecified atom stereocenters. The van der Waals surface area contributed by atoms with Gasteiger partial charge in [-0.25, -0.2) is 0 Å². The van der Waals surface area contributed by atoms with Gasteiger partial charge in [0.2, 0.25) is 0 Å². The van der Waals surface area contributed by atoms with Gasteiger partial charge in [0.15, 0.2) is 0 Å². The minimum absolute atomic E-state index is 0.128. The zero-order valence-electron chi connectivity index (χ0n) is 15.6. The van der Waals surface area contributed by atoms with Crippen molar-refractivity contribution < 1.29 is 15.4 Å². The summed E-state index contributed by atoms with van der Waals surface area (Å²) in [7, 11) is 0. The van der Waals surface area contributed by atoms with E-state index in [1.807, 2.05) is 0 Å². The zero-order chi connectivity index (χ0) is 17.8. The van der Waals surface area contributed by atoms with E-state index >= 15 is 0 Å². The summed E-state index contributed by atoms with van der Waals surface area (Å²) in [6.07, 6.45) is 11.0. The Labute approximate surface area is 151 Å². The van der Waals surface area contributed by atoms with Crippen molar-refractivity contribution in [1.82, 2.24) is 0 Å². The second kappa shape index (κ2) is 6.09. The third kappa shape index (κ3) is 2.43. The van der Waals surface area contributed by atoms with E-state index in [-0.39, 0.29) is 29.5 Å². The molecule has 140 valence electrons. The third-order valence-corrected chi connectivity index (χ3v) is 8.77. The van der Waals surface area contributed by atoms with Crippen LogP contribution in [0.4, 0.5) is 0 Å². The summed E-state index contributed by atoms with van der Waals surface area (Å²) in [6.45, 7) is 4.70. The van der Waals surface area contributed by atoms with Crippen LogP contribution in [0.5, 0.6) is 0 Å². The number of nitrogens with zero attached hydrogens (tertiary/aromatic N) is 1. The molecule has 0 saturated heterocycles. The number of hydrogen-bond donors (Lipinski definition) is 3.